The molecule has 1 atom stereocenters. The quantitative estimate of drug-likeness (QED) is 0.779. The van der Waals surface area contributed by atoms with Crippen LogP contribution in [-0.4, -0.2) is 22.4 Å². The van der Waals surface area contributed by atoms with Crippen LogP contribution in [0.4, 0.5) is 0 Å². The average molecular weight is 208 g/mol. The summed E-state index contributed by atoms with van der Waals surface area (Å²) in [5, 5.41) is 18.8. The van der Waals surface area contributed by atoms with Crippen molar-refractivity contribution in [2.24, 2.45) is 0 Å². The Hall–Kier alpha value is -0.860. The second-order valence-electron chi connectivity index (χ2n) is 4.64. The molecule has 0 aliphatic rings. The predicted molar refractivity (Wildman–Crippen MR) is 61.8 cm³/mol. The summed E-state index contributed by atoms with van der Waals surface area (Å²) in [7, 11) is 0. The summed E-state index contributed by atoms with van der Waals surface area (Å²) < 4.78 is 0. The van der Waals surface area contributed by atoms with Crippen molar-refractivity contribution >= 4 is 0 Å². The zero-order valence-electron chi connectivity index (χ0n) is 9.48. The normalized spacial score (nSPS) is 13.9. The third kappa shape index (κ3) is 4.45. The number of aliphatic hydroxyl groups excluding tert-OH is 1. The molecular weight excluding hydrogens is 188 g/mol. The van der Waals surface area contributed by atoms with Gasteiger partial charge in [-0.25, -0.2) is 0 Å². The Labute approximate surface area is 91.6 Å². The van der Waals surface area contributed by atoms with Crippen LogP contribution in [-0.2, 0) is 0 Å². The molecule has 1 aromatic carbocycles. The molecule has 1 rings (SSSR count). The Morgan fingerprint density at radius 3 is 2.27 bits per heavy atom. The Morgan fingerprint density at radius 1 is 1.20 bits per heavy atom. The Bertz CT molecular complexity index is 274. The van der Waals surface area contributed by atoms with Crippen LogP contribution in [0.2, 0.25) is 0 Å². The van der Waals surface area contributed by atoms with E-state index in [-0.39, 0.29) is 12.5 Å². The van der Waals surface area contributed by atoms with Gasteiger partial charge in [0.25, 0.3) is 0 Å². The minimum atomic E-state index is -0.685. The molecular formula is C13H20O2. The van der Waals surface area contributed by atoms with Crippen LogP contribution in [0.1, 0.15) is 38.2 Å². The standard InChI is InChI=1S/C13H20O2/c1-13(2,15)10-12(8-9-14)11-6-4-3-5-7-11/h3-7,12,14-15H,8-10H2,1-2H3. The summed E-state index contributed by atoms with van der Waals surface area (Å²) in [6.45, 7) is 3.77. The predicted octanol–water partition coefficient (Wildman–Crippen LogP) is 2.31. The third-order valence-electron chi connectivity index (χ3n) is 2.49. The first-order chi connectivity index (χ1) is 7.03. The van der Waals surface area contributed by atoms with E-state index in [1.165, 1.54) is 5.56 Å². The lowest BCUT2D eigenvalue weighted by Gasteiger charge is -2.24. The number of aliphatic hydroxyl groups is 2. The molecule has 2 heteroatoms. The topological polar surface area (TPSA) is 40.5 Å². The third-order valence-corrected chi connectivity index (χ3v) is 2.49. The lowest BCUT2D eigenvalue weighted by Crippen LogP contribution is -2.22. The molecule has 15 heavy (non-hydrogen) atoms. The Morgan fingerprint density at radius 2 is 1.80 bits per heavy atom. The van der Waals surface area contributed by atoms with Gasteiger partial charge in [-0.05, 0) is 38.2 Å². The first-order valence-electron chi connectivity index (χ1n) is 5.41. The van der Waals surface area contributed by atoms with E-state index >= 15 is 0 Å². The van der Waals surface area contributed by atoms with Gasteiger partial charge in [0.2, 0.25) is 0 Å². The van der Waals surface area contributed by atoms with E-state index in [2.05, 4.69) is 0 Å². The van der Waals surface area contributed by atoms with E-state index in [1.54, 1.807) is 13.8 Å². The molecule has 0 fully saturated rings. The molecule has 1 unspecified atom stereocenters. The first-order valence-corrected chi connectivity index (χ1v) is 5.41. The van der Waals surface area contributed by atoms with Crippen LogP contribution in [0, 0.1) is 0 Å². The minimum Gasteiger partial charge on any atom is -0.396 e. The summed E-state index contributed by atoms with van der Waals surface area (Å²) in [5.41, 5.74) is 0.504. The van der Waals surface area contributed by atoms with Crippen molar-refractivity contribution in [3.63, 3.8) is 0 Å². The second kappa shape index (κ2) is 5.29. The lowest BCUT2D eigenvalue weighted by molar-refractivity contribution is 0.0598. The van der Waals surface area contributed by atoms with Crippen LogP contribution in [0.25, 0.3) is 0 Å². The number of benzene rings is 1. The highest BCUT2D eigenvalue weighted by molar-refractivity contribution is 5.19. The zero-order valence-corrected chi connectivity index (χ0v) is 9.48. The van der Waals surface area contributed by atoms with Gasteiger partial charge in [-0.2, -0.15) is 0 Å². The Balaban J connectivity index is 2.75. The first kappa shape index (κ1) is 12.2. The maximum absolute atomic E-state index is 9.79. The molecule has 0 aromatic heterocycles. The SMILES string of the molecule is CC(C)(O)CC(CCO)c1ccccc1. The molecule has 0 aliphatic carbocycles. The number of hydrogen-bond donors (Lipinski definition) is 2. The van der Waals surface area contributed by atoms with Crippen molar-refractivity contribution in [3.05, 3.63) is 35.9 Å². The largest absolute Gasteiger partial charge is 0.396 e. The van der Waals surface area contributed by atoms with E-state index in [1.807, 2.05) is 30.3 Å². The minimum absolute atomic E-state index is 0.162. The zero-order chi connectivity index (χ0) is 11.3. The molecule has 2 nitrogen and oxygen atoms in total. The summed E-state index contributed by atoms with van der Waals surface area (Å²) in [5.74, 6) is 0.233. The summed E-state index contributed by atoms with van der Waals surface area (Å²) >= 11 is 0. The van der Waals surface area contributed by atoms with Gasteiger partial charge < -0.3 is 10.2 Å². The molecule has 2 N–H and O–H groups in total. The van der Waals surface area contributed by atoms with Gasteiger partial charge in [0.05, 0.1) is 5.60 Å². The highest BCUT2D eigenvalue weighted by Gasteiger charge is 2.21. The molecule has 0 aliphatic heterocycles. The van der Waals surface area contributed by atoms with Crippen molar-refractivity contribution in [3.8, 4) is 0 Å². The van der Waals surface area contributed by atoms with Gasteiger partial charge in [0.15, 0.2) is 0 Å². The van der Waals surface area contributed by atoms with E-state index in [0.717, 1.165) is 0 Å². The van der Waals surface area contributed by atoms with Gasteiger partial charge in [-0.3, -0.25) is 0 Å². The maximum atomic E-state index is 9.79. The van der Waals surface area contributed by atoms with Crippen molar-refractivity contribution in [2.45, 2.75) is 38.2 Å². The highest BCUT2D eigenvalue weighted by Crippen LogP contribution is 2.28. The monoisotopic (exact) mass is 208 g/mol. The van der Waals surface area contributed by atoms with Gasteiger partial charge in [0.1, 0.15) is 0 Å². The van der Waals surface area contributed by atoms with Gasteiger partial charge in [-0.1, -0.05) is 30.3 Å². The molecule has 0 amide bonds. The fourth-order valence-corrected chi connectivity index (χ4v) is 1.87. The fraction of sp³-hybridized carbons (Fsp3) is 0.538. The molecule has 1 aromatic rings. The van der Waals surface area contributed by atoms with Gasteiger partial charge in [0, 0.05) is 6.61 Å². The maximum Gasteiger partial charge on any atom is 0.0597 e. The summed E-state index contributed by atoms with van der Waals surface area (Å²) in [4.78, 5) is 0. The number of rotatable bonds is 5. The van der Waals surface area contributed by atoms with Crippen molar-refractivity contribution in [1.82, 2.24) is 0 Å². The van der Waals surface area contributed by atoms with Crippen molar-refractivity contribution < 1.29 is 10.2 Å². The van der Waals surface area contributed by atoms with Crippen LogP contribution in [0.5, 0.6) is 0 Å². The van der Waals surface area contributed by atoms with Crippen LogP contribution < -0.4 is 0 Å². The molecule has 0 saturated heterocycles. The van der Waals surface area contributed by atoms with Crippen LogP contribution in [0.15, 0.2) is 30.3 Å². The fourth-order valence-electron chi connectivity index (χ4n) is 1.87. The summed E-state index contributed by atoms with van der Waals surface area (Å²) in [6.07, 6.45) is 1.38. The second-order valence-corrected chi connectivity index (χ2v) is 4.64. The van der Waals surface area contributed by atoms with E-state index in [9.17, 15) is 5.11 Å². The van der Waals surface area contributed by atoms with Gasteiger partial charge >= 0.3 is 0 Å². The average Bonchev–Trinajstić information content (AvgIpc) is 2.17. The molecule has 0 spiro atoms. The van der Waals surface area contributed by atoms with Crippen LogP contribution in [0.3, 0.4) is 0 Å². The molecule has 0 saturated carbocycles. The van der Waals surface area contributed by atoms with Crippen molar-refractivity contribution in [1.29, 1.82) is 0 Å². The lowest BCUT2D eigenvalue weighted by atomic mass is 9.86. The van der Waals surface area contributed by atoms with E-state index < -0.39 is 5.60 Å². The van der Waals surface area contributed by atoms with E-state index in [0.29, 0.717) is 12.8 Å². The molecule has 84 valence electrons. The van der Waals surface area contributed by atoms with Crippen LogP contribution >= 0.6 is 0 Å². The number of hydrogen-bond acceptors (Lipinski definition) is 2. The molecule has 0 heterocycles. The van der Waals surface area contributed by atoms with Crippen molar-refractivity contribution in [2.75, 3.05) is 6.61 Å². The van der Waals surface area contributed by atoms with Gasteiger partial charge in [-0.15, -0.1) is 0 Å². The smallest absolute Gasteiger partial charge is 0.0597 e. The van der Waals surface area contributed by atoms with E-state index in [4.69, 9.17) is 5.11 Å². The molecule has 0 bridgehead atoms. The molecule has 0 radical (unpaired) electrons. The Kier molecular flexibility index (Phi) is 4.30. The summed E-state index contributed by atoms with van der Waals surface area (Å²) in [6, 6.07) is 10.1. The highest BCUT2D eigenvalue weighted by atomic mass is 16.3.